The standard InChI is InChI=1S/C10H11N2O2.C2HF3O2/c1-7(10(13)14-2)8-3-5-9(12-11)6-4-8;3-2(4,5)1(6)7/h3-7H,1-2H3;(H,6,7)/q+1;/p-1. The molecule has 0 saturated heterocycles. The normalized spacial score (nSPS) is 11.4. The molecule has 0 saturated carbocycles. The maximum atomic E-state index is 11.2. The molecule has 114 valence electrons. The van der Waals surface area contributed by atoms with E-state index in [1.54, 1.807) is 31.2 Å². The summed E-state index contributed by atoms with van der Waals surface area (Å²) in [5.74, 6) is -3.58. The first-order valence-electron chi connectivity index (χ1n) is 5.44. The quantitative estimate of drug-likeness (QED) is 0.612. The highest BCUT2D eigenvalue weighted by molar-refractivity contribution is 5.77. The summed E-state index contributed by atoms with van der Waals surface area (Å²) in [5.41, 5.74) is 1.30. The van der Waals surface area contributed by atoms with Crippen LogP contribution in [0, 0.1) is 5.39 Å². The van der Waals surface area contributed by atoms with Gasteiger partial charge in [0, 0.05) is 12.1 Å². The predicted molar refractivity (Wildman–Crippen MR) is 62.7 cm³/mol. The Hall–Kier alpha value is -2.63. The number of methoxy groups -OCH3 is 1. The molecule has 0 aliphatic heterocycles. The van der Waals surface area contributed by atoms with Gasteiger partial charge in [-0.1, -0.05) is 12.1 Å². The summed E-state index contributed by atoms with van der Waals surface area (Å²) in [6.45, 7) is 1.76. The van der Waals surface area contributed by atoms with Crippen molar-refractivity contribution in [2.24, 2.45) is 0 Å². The van der Waals surface area contributed by atoms with Crippen LogP contribution in [0.5, 0.6) is 0 Å². The Balaban J connectivity index is 0.000000486. The topological polar surface area (TPSA) is 94.6 Å². The van der Waals surface area contributed by atoms with Gasteiger partial charge < -0.3 is 14.6 Å². The maximum Gasteiger partial charge on any atom is 0.430 e. The molecule has 0 aliphatic carbocycles. The van der Waals surface area contributed by atoms with Gasteiger partial charge >= 0.3 is 17.8 Å². The van der Waals surface area contributed by atoms with E-state index >= 15 is 0 Å². The number of aliphatic carboxylic acids is 1. The van der Waals surface area contributed by atoms with Crippen molar-refractivity contribution in [3.05, 3.63) is 34.8 Å². The van der Waals surface area contributed by atoms with E-state index in [0.29, 0.717) is 5.69 Å². The van der Waals surface area contributed by atoms with E-state index in [9.17, 15) is 18.0 Å². The summed E-state index contributed by atoms with van der Waals surface area (Å²) in [5, 5.41) is 17.2. The van der Waals surface area contributed by atoms with Crippen LogP contribution < -0.4 is 5.11 Å². The van der Waals surface area contributed by atoms with Gasteiger partial charge in [0.25, 0.3) is 0 Å². The molecule has 0 bridgehead atoms. The smallest absolute Gasteiger partial charge is 0.430 e. The Bertz CT molecular complexity index is 535. The fourth-order valence-electron chi connectivity index (χ4n) is 1.14. The molecule has 6 nitrogen and oxygen atoms in total. The first kappa shape index (κ1) is 18.4. The van der Waals surface area contributed by atoms with Crippen LogP contribution in [0.3, 0.4) is 0 Å². The van der Waals surface area contributed by atoms with Crippen LogP contribution in [-0.4, -0.2) is 25.2 Å². The molecule has 0 radical (unpaired) electrons. The molecule has 0 aromatic heterocycles. The van der Waals surface area contributed by atoms with Gasteiger partial charge in [0.05, 0.1) is 13.0 Å². The molecular formula is C12H11F3N2O4. The predicted octanol–water partition coefficient (Wildman–Crippen LogP) is 1.75. The van der Waals surface area contributed by atoms with Crippen molar-refractivity contribution in [1.29, 1.82) is 5.39 Å². The van der Waals surface area contributed by atoms with Gasteiger partial charge in [-0.05, 0) is 12.5 Å². The van der Waals surface area contributed by atoms with Gasteiger partial charge in [-0.15, -0.1) is 0 Å². The third-order valence-electron chi connectivity index (χ3n) is 2.29. The van der Waals surface area contributed by atoms with Crippen molar-refractivity contribution in [1.82, 2.24) is 0 Å². The first-order chi connectivity index (χ1) is 9.63. The van der Waals surface area contributed by atoms with Crippen LogP contribution in [0.15, 0.2) is 24.3 Å². The highest BCUT2D eigenvalue weighted by Crippen LogP contribution is 2.20. The van der Waals surface area contributed by atoms with E-state index in [4.69, 9.17) is 15.3 Å². The Kier molecular flexibility index (Phi) is 6.86. The molecule has 1 aromatic rings. The maximum absolute atomic E-state index is 11.2. The third-order valence-corrected chi connectivity index (χ3v) is 2.29. The second-order valence-electron chi connectivity index (χ2n) is 3.72. The highest BCUT2D eigenvalue weighted by Gasteiger charge is 2.28. The lowest BCUT2D eigenvalue weighted by Gasteiger charge is -2.07. The molecule has 1 rings (SSSR count). The van der Waals surface area contributed by atoms with Crippen LogP contribution in [0.25, 0.3) is 4.98 Å². The molecule has 21 heavy (non-hydrogen) atoms. The molecule has 1 atom stereocenters. The third kappa shape index (κ3) is 6.38. The number of ether oxygens (including phenoxy) is 1. The largest absolute Gasteiger partial charge is 0.542 e. The fourth-order valence-corrected chi connectivity index (χ4v) is 1.14. The summed E-state index contributed by atoms with van der Waals surface area (Å²) >= 11 is 0. The van der Waals surface area contributed by atoms with E-state index in [1.807, 2.05) is 0 Å². The summed E-state index contributed by atoms with van der Waals surface area (Å²) < 4.78 is 36.2. The number of halogens is 3. The number of rotatable bonds is 2. The van der Waals surface area contributed by atoms with Crippen LogP contribution in [0.2, 0.25) is 0 Å². The van der Waals surface area contributed by atoms with E-state index in [2.05, 4.69) is 9.71 Å². The number of carbonyl (C=O) groups excluding carboxylic acids is 2. The SMILES string of the molecule is COC(=O)C(C)c1ccc([N+]#N)cc1.O=C([O-])C(F)(F)F. The lowest BCUT2D eigenvalue weighted by atomic mass is 10.0. The van der Waals surface area contributed by atoms with Crippen molar-refractivity contribution < 1.29 is 32.6 Å². The zero-order chi connectivity index (χ0) is 16.6. The minimum atomic E-state index is -5.19. The van der Waals surface area contributed by atoms with Crippen LogP contribution >= 0.6 is 0 Å². The second-order valence-corrected chi connectivity index (χ2v) is 3.72. The van der Waals surface area contributed by atoms with Crippen molar-refractivity contribution in [3.8, 4) is 0 Å². The van der Waals surface area contributed by atoms with E-state index in [1.165, 1.54) is 7.11 Å². The monoisotopic (exact) mass is 304 g/mol. The zero-order valence-electron chi connectivity index (χ0n) is 11.0. The van der Waals surface area contributed by atoms with Gasteiger partial charge in [-0.25, -0.2) is 0 Å². The summed E-state index contributed by atoms with van der Waals surface area (Å²) in [7, 11) is 1.36. The number of diazo groups is 1. The molecule has 0 heterocycles. The van der Waals surface area contributed by atoms with Crippen molar-refractivity contribution in [2.45, 2.75) is 19.0 Å². The second kappa shape index (κ2) is 7.84. The number of hydrogen-bond donors (Lipinski definition) is 0. The van der Waals surface area contributed by atoms with Crippen molar-refractivity contribution in [2.75, 3.05) is 7.11 Å². The molecule has 1 aromatic carbocycles. The van der Waals surface area contributed by atoms with E-state index in [0.717, 1.165) is 5.56 Å². The van der Waals surface area contributed by atoms with E-state index in [-0.39, 0.29) is 11.9 Å². The van der Waals surface area contributed by atoms with Gasteiger partial charge in [-0.3, -0.25) is 4.79 Å². The number of carboxylic acid groups (broad SMARTS) is 1. The fraction of sp³-hybridized carbons (Fsp3) is 0.333. The lowest BCUT2D eigenvalue weighted by molar-refractivity contribution is -0.344. The number of esters is 1. The minimum absolute atomic E-state index is 0.279. The molecule has 0 spiro atoms. The molecule has 0 N–H and O–H groups in total. The molecule has 0 fully saturated rings. The van der Waals surface area contributed by atoms with Crippen LogP contribution in [-0.2, 0) is 14.3 Å². The Morgan fingerprint density at radius 1 is 1.29 bits per heavy atom. The summed E-state index contributed by atoms with van der Waals surface area (Å²) in [6, 6.07) is 6.73. The average Bonchev–Trinajstić information content (AvgIpc) is 2.45. The zero-order valence-corrected chi connectivity index (χ0v) is 11.0. The molecule has 1 unspecified atom stereocenters. The van der Waals surface area contributed by atoms with Crippen molar-refractivity contribution in [3.63, 3.8) is 0 Å². The molecule has 0 amide bonds. The molecule has 9 heteroatoms. The number of nitrogens with zero attached hydrogens (tertiary/aromatic N) is 2. The Morgan fingerprint density at radius 3 is 2.00 bits per heavy atom. The number of carboxylic acids is 1. The summed E-state index contributed by atoms with van der Waals surface area (Å²) in [4.78, 5) is 23.0. The number of benzene rings is 1. The number of alkyl halides is 3. The highest BCUT2D eigenvalue weighted by atomic mass is 19.4. The number of hydrogen-bond acceptors (Lipinski definition) is 5. The summed E-state index contributed by atoms with van der Waals surface area (Å²) in [6.07, 6.45) is -5.19. The first-order valence-corrected chi connectivity index (χ1v) is 5.44. The number of carbonyl (C=O) groups is 2. The lowest BCUT2D eigenvalue weighted by Crippen LogP contribution is -2.37. The van der Waals surface area contributed by atoms with Gasteiger partial charge in [0.15, 0.2) is 4.98 Å². The van der Waals surface area contributed by atoms with Crippen LogP contribution in [0.4, 0.5) is 18.9 Å². The molecular weight excluding hydrogens is 293 g/mol. The average molecular weight is 304 g/mol. The van der Waals surface area contributed by atoms with Gasteiger partial charge in [-0.2, -0.15) is 13.2 Å². The van der Waals surface area contributed by atoms with Gasteiger partial charge in [0.2, 0.25) is 5.39 Å². The van der Waals surface area contributed by atoms with Crippen molar-refractivity contribution >= 4 is 17.6 Å². The van der Waals surface area contributed by atoms with Crippen LogP contribution in [0.1, 0.15) is 18.4 Å². The Labute approximate surface area is 117 Å². The Morgan fingerprint density at radius 2 is 1.71 bits per heavy atom. The van der Waals surface area contributed by atoms with Gasteiger partial charge in [0.1, 0.15) is 5.97 Å². The van der Waals surface area contributed by atoms with E-state index < -0.39 is 12.1 Å². The minimum Gasteiger partial charge on any atom is -0.542 e. The molecule has 0 aliphatic rings.